The first-order chi connectivity index (χ1) is 17.6. The predicted octanol–water partition coefficient (Wildman–Crippen LogP) is 6.51. The number of hydrogen-bond donors (Lipinski definition) is 1. The van der Waals surface area contributed by atoms with Crippen LogP contribution >= 0.6 is 0 Å². The topological polar surface area (TPSA) is 37.4 Å². The summed E-state index contributed by atoms with van der Waals surface area (Å²) < 4.78 is 6.47. The molecule has 4 aliphatic rings. The number of hydrogen-bond acceptors (Lipinski definition) is 4. The summed E-state index contributed by atoms with van der Waals surface area (Å²) in [6.45, 7) is 9.07. The molecule has 0 radical (unpaired) electrons. The standard InChI is InChI=1S/C32H45N3O/c1-24(2)22-35-20-13-25-8-7-9-26-27(11-12-28(35)30(25)26)33-19-16-31(29-10-3-6-18-34-29)17-21-36-32(23-31)14-4-5-15-32/h3,6-10,18,24,27-28,33H,4-5,11-17,19-23H2,1-2H3/t27?,28?,31-/m1/s1. The second-order valence-electron chi connectivity index (χ2n) is 12.6. The Hall–Kier alpha value is -1.75. The van der Waals surface area contributed by atoms with Crippen LogP contribution in [0.4, 0.5) is 0 Å². The number of benzene rings is 1. The largest absolute Gasteiger partial charge is 0.375 e. The van der Waals surface area contributed by atoms with Crippen molar-refractivity contribution in [3.8, 4) is 0 Å². The quantitative estimate of drug-likeness (QED) is 0.483. The van der Waals surface area contributed by atoms with Gasteiger partial charge in [0.2, 0.25) is 0 Å². The highest BCUT2D eigenvalue weighted by Crippen LogP contribution is 2.50. The zero-order valence-electron chi connectivity index (χ0n) is 22.5. The van der Waals surface area contributed by atoms with E-state index in [1.165, 1.54) is 63.7 Å². The van der Waals surface area contributed by atoms with Crippen LogP contribution in [-0.4, -0.2) is 41.7 Å². The Labute approximate surface area is 218 Å². The lowest BCUT2D eigenvalue weighted by Gasteiger charge is -2.47. The SMILES string of the molecule is CC(C)CN1CCc2cccc3c2C1CCC3NCC[C@@]1(c2ccccn2)CCOC2(CCCC2)C1. The van der Waals surface area contributed by atoms with Gasteiger partial charge < -0.3 is 10.1 Å². The van der Waals surface area contributed by atoms with Gasteiger partial charge in [-0.15, -0.1) is 0 Å². The Bertz CT molecular complexity index is 1030. The lowest BCUT2D eigenvalue weighted by molar-refractivity contribution is -0.104. The van der Waals surface area contributed by atoms with Gasteiger partial charge in [0.25, 0.3) is 0 Å². The maximum Gasteiger partial charge on any atom is 0.0691 e. The van der Waals surface area contributed by atoms with Gasteiger partial charge >= 0.3 is 0 Å². The van der Waals surface area contributed by atoms with Crippen molar-refractivity contribution in [3.05, 3.63) is 65.0 Å². The normalized spacial score (nSPS) is 29.5. The highest BCUT2D eigenvalue weighted by atomic mass is 16.5. The lowest BCUT2D eigenvalue weighted by atomic mass is 9.68. The molecule has 1 spiro atoms. The Balaban J connectivity index is 1.20. The van der Waals surface area contributed by atoms with Gasteiger partial charge in [0.15, 0.2) is 0 Å². The second kappa shape index (κ2) is 10.2. The first kappa shape index (κ1) is 24.6. The van der Waals surface area contributed by atoms with E-state index in [4.69, 9.17) is 9.72 Å². The molecule has 1 saturated carbocycles. The summed E-state index contributed by atoms with van der Waals surface area (Å²) in [6, 6.07) is 14.7. The Kier molecular flexibility index (Phi) is 6.96. The van der Waals surface area contributed by atoms with E-state index in [2.05, 4.69) is 60.5 Å². The van der Waals surface area contributed by atoms with Gasteiger partial charge in [-0.3, -0.25) is 9.88 Å². The van der Waals surface area contributed by atoms with Crippen LogP contribution in [0.1, 0.15) is 106 Å². The molecule has 1 aromatic heterocycles. The summed E-state index contributed by atoms with van der Waals surface area (Å²) >= 11 is 0. The van der Waals surface area contributed by atoms with E-state index in [0.717, 1.165) is 38.3 Å². The van der Waals surface area contributed by atoms with E-state index >= 15 is 0 Å². The minimum atomic E-state index is 0.0895. The van der Waals surface area contributed by atoms with Gasteiger partial charge in [0.1, 0.15) is 0 Å². The first-order valence-corrected chi connectivity index (χ1v) is 14.7. The van der Waals surface area contributed by atoms with Crippen molar-refractivity contribution in [2.24, 2.45) is 5.92 Å². The van der Waals surface area contributed by atoms with E-state index in [1.807, 2.05) is 6.20 Å². The average Bonchev–Trinajstić information content (AvgIpc) is 3.34. The van der Waals surface area contributed by atoms with E-state index in [-0.39, 0.29) is 11.0 Å². The van der Waals surface area contributed by atoms with Gasteiger partial charge in [-0.25, -0.2) is 0 Å². The predicted molar refractivity (Wildman–Crippen MR) is 146 cm³/mol. The summed E-state index contributed by atoms with van der Waals surface area (Å²) in [7, 11) is 0. The van der Waals surface area contributed by atoms with Crippen molar-refractivity contribution in [1.82, 2.24) is 15.2 Å². The summed E-state index contributed by atoms with van der Waals surface area (Å²) in [5.41, 5.74) is 6.32. The molecule has 4 heteroatoms. The number of pyridine rings is 1. The summed E-state index contributed by atoms with van der Waals surface area (Å²) in [6.07, 6.45) is 14.1. The van der Waals surface area contributed by atoms with Crippen LogP contribution in [0.2, 0.25) is 0 Å². The van der Waals surface area contributed by atoms with Gasteiger partial charge in [-0.2, -0.15) is 0 Å². The molecule has 2 fully saturated rings. The Morgan fingerprint density at radius 2 is 1.97 bits per heavy atom. The highest BCUT2D eigenvalue weighted by molar-refractivity contribution is 5.43. The first-order valence-electron chi connectivity index (χ1n) is 14.7. The fraction of sp³-hybridized carbons (Fsp3) is 0.656. The average molecular weight is 488 g/mol. The minimum absolute atomic E-state index is 0.0895. The van der Waals surface area contributed by atoms with Crippen molar-refractivity contribution >= 4 is 0 Å². The third-order valence-electron chi connectivity index (χ3n) is 9.74. The maximum atomic E-state index is 6.47. The molecule has 2 unspecified atom stereocenters. The fourth-order valence-corrected chi connectivity index (χ4v) is 8.15. The molecule has 6 rings (SSSR count). The highest BCUT2D eigenvalue weighted by Gasteiger charge is 2.48. The van der Waals surface area contributed by atoms with Gasteiger partial charge in [-0.1, -0.05) is 51.0 Å². The molecule has 3 heterocycles. The number of nitrogens with zero attached hydrogens (tertiary/aromatic N) is 2. The molecule has 4 nitrogen and oxygen atoms in total. The van der Waals surface area contributed by atoms with Gasteiger partial charge in [0, 0.05) is 49.1 Å². The molecule has 1 N–H and O–H groups in total. The van der Waals surface area contributed by atoms with Crippen LogP contribution in [0.15, 0.2) is 42.6 Å². The zero-order chi connectivity index (χ0) is 24.6. The Morgan fingerprint density at radius 1 is 1.08 bits per heavy atom. The molecule has 2 aliphatic carbocycles. The number of ether oxygens (including phenoxy) is 1. The molecular formula is C32H45N3O. The van der Waals surface area contributed by atoms with E-state index in [9.17, 15) is 0 Å². The maximum absolute atomic E-state index is 6.47. The van der Waals surface area contributed by atoms with E-state index in [1.54, 1.807) is 16.7 Å². The smallest absolute Gasteiger partial charge is 0.0691 e. The summed E-state index contributed by atoms with van der Waals surface area (Å²) in [4.78, 5) is 7.68. The summed E-state index contributed by atoms with van der Waals surface area (Å²) in [5, 5.41) is 4.06. The molecule has 2 aliphatic heterocycles. The van der Waals surface area contributed by atoms with Crippen LogP contribution in [0.25, 0.3) is 0 Å². The monoisotopic (exact) mass is 487 g/mol. The molecule has 0 amide bonds. The molecule has 0 bridgehead atoms. The fourth-order valence-electron chi connectivity index (χ4n) is 8.15. The van der Waals surface area contributed by atoms with Crippen LogP contribution < -0.4 is 5.32 Å². The molecular weight excluding hydrogens is 442 g/mol. The van der Waals surface area contributed by atoms with E-state index in [0.29, 0.717) is 12.1 Å². The third kappa shape index (κ3) is 4.66. The number of aromatic nitrogens is 1. The Morgan fingerprint density at radius 3 is 2.78 bits per heavy atom. The van der Waals surface area contributed by atoms with Crippen molar-refractivity contribution in [2.75, 3.05) is 26.2 Å². The van der Waals surface area contributed by atoms with Crippen molar-refractivity contribution in [1.29, 1.82) is 0 Å². The molecule has 36 heavy (non-hydrogen) atoms. The van der Waals surface area contributed by atoms with Crippen LogP contribution in [0, 0.1) is 5.92 Å². The van der Waals surface area contributed by atoms with Crippen molar-refractivity contribution in [2.45, 2.75) is 101 Å². The third-order valence-corrected chi connectivity index (χ3v) is 9.74. The molecule has 1 aromatic carbocycles. The van der Waals surface area contributed by atoms with Gasteiger partial charge in [-0.05, 0) is 92.7 Å². The van der Waals surface area contributed by atoms with Crippen LogP contribution in [-0.2, 0) is 16.6 Å². The minimum Gasteiger partial charge on any atom is -0.375 e. The summed E-state index contributed by atoms with van der Waals surface area (Å²) in [5.74, 6) is 0.722. The molecule has 1 saturated heterocycles. The molecule has 3 atom stereocenters. The number of nitrogens with one attached hydrogen (secondary N) is 1. The number of rotatable bonds is 7. The van der Waals surface area contributed by atoms with Crippen molar-refractivity contribution < 1.29 is 4.74 Å². The van der Waals surface area contributed by atoms with E-state index < -0.39 is 0 Å². The van der Waals surface area contributed by atoms with Gasteiger partial charge in [0.05, 0.1) is 5.60 Å². The van der Waals surface area contributed by atoms with Crippen LogP contribution in [0.3, 0.4) is 0 Å². The second-order valence-corrected chi connectivity index (χ2v) is 12.6. The molecule has 2 aromatic rings. The van der Waals surface area contributed by atoms with Crippen molar-refractivity contribution in [3.63, 3.8) is 0 Å². The zero-order valence-corrected chi connectivity index (χ0v) is 22.5. The molecule has 194 valence electrons. The lowest BCUT2D eigenvalue weighted by Crippen LogP contribution is -2.48. The van der Waals surface area contributed by atoms with Crippen LogP contribution in [0.5, 0.6) is 0 Å².